The third-order valence-corrected chi connectivity index (χ3v) is 6.43. The van der Waals surface area contributed by atoms with E-state index in [1.807, 2.05) is 30.3 Å². The third-order valence-electron chi connectivity index (χ3n) is 5.93. The molecule has 0 spiro atoms. The van der Waals surface area contributed by atoms with Crippen LogP contribution in [0, 0.1) is 5.92 Å². The fraction of sp³-hybridized carbons (Fsp3) is 0.625. The lowest BCUT2D eigenvalue weighted by atomic mass is 9.84. The van der Waals surface area contributed by atoms with Crippen LogP contribution in [0.1, 0.15) is 87.9 Å². The number of unbranched alkanes of at least 4 members (excludes halogenated alkanes) is 3. The number of hydrogen-bond acceptors (Lipinski definition) is 3. The lowest BCUT2D eigenvalue weighted by molar-refractivity contribution is -0.137. The van der Waals surface area contributed by atoms with Gasteiger partial charge in [-0.3, -0.25) is 4.79 Å². The van der Waals surface area contributed by atoms with E-state index in [4.69, 9.17) is 16.7 Å². The second-order valence-electron chi connectivity index (χ2n) is 8.18. The van der Waals surface area contributed by atoms with Gasteiger partial charge in [0.25, 0.3) is 0 Å². The van der Waals surface area contributed by atoms with Gasteiger partial charge in [0.2, 0.25) is 0 Å². The number of halogens is 1. The number of benzene rings is 1. The molecule has 29 heavy (non-hydrogen) atoms. The average molecular weight is 423 g/mol. The van der Waals surface area contributed by atoms with Crippen molar-refractivity contribution in [2.75, 3.05) is 0 Å². The Morgan fingerprint density at radius 1 is 1.21 bits per heavy atom. The lowest BCUT2D eigenvalue weighted by Crippen LogP contribution is -2.18. The van der Waals surface area contributed by atoms with E-state index in [0.717, 1.165) is 49.7 Å². The molecule has 0 bridgehead atoms. The van der Waals surface area contributed by atoms with Gasteiger partial charge in [-0.2, -0.15) is 0 Å². The van der Waals surface area contributed by atoms with Crippen LogP contribution in [0.15, 0.2) is 36.4 Å². The van der Waals surface area contributed by atoms with E-state index in [1.165, 1.54) is 0 Å². The Morgan fingerprint density at radius 3 is 2.59 bits per heavy atom. The summed E-state index contributed by atoms with van der Waals surface area (Å²) in [7, 11) is 0. The molecule has 0 amide bonds. The zero-order valence-corrected chi connectivity index (χ0v) is 18.1. The highest BCUT2D eigenvalue weighted by molar-refractivity contribution is 6.21. The molecule has 0 saturated heterocycles. The number of carboxylic acids is 1. The number of carboxylic acid groups (broad SMARTS) is 1. The molecule has 0 aliphatic heterocycles. The molecule has 1 aliphatic rings. The average Bonchev–Trinajstić information content (AvgIpc) is 2.97. The number of hydrogen-bond donors (Lipinski definition) is 3. The quantitative estimate of drug-likeness (QED) is 0.233. The van der Waals surface area contributed by atoms with Gasteiger partial charge in [0.15, 0.2) is 0 Å². The molecular weight excluding hydrogens is 388 g/mol. The van der Waals surface area contributed by atoms with Crippen LogP contribution >= 0.6 is 11.6 Å². The largest absolute Gasteiger partial charge is 0.481 e. The van der Waals surface area contributed by atoms with Crippen molar-refractivity contribution in [1.29, 1.82) is 0 Å². The van der Waals surface area contributed by atoms with Gasteiger partial charge >= 0.3 is 5.97 Å². The van der Waals surface area contributed by atoms with Crippen molar-refractivity contribution in [3.8, 4) is 0 Å². The molecule has 0 radical (unpaired) electrons. The van der Waals surface area contributed by atoms with Gasteiger partial charge in [-0.25, -0.2) is 0 Å². The van der Waals surface area contributed by atoms with E-state index in [9.17, 15) is 15.0 Å². The van der Waals surface area contributed by atoms with Gasteiger partial charge in [0.1, 0.15) is 0 Å². The molecule has 2 rings (SSSR count). The molecular formula is C24H35ClO4. The normalized spacial score (nSPS) is 25.5. The van der Waals surface area contributed by atoms with Crippen LogP contribution in [0.25, 0.3) is 0 Å². The predicted octanol–water partition coefficient (Wildman–Crippen LogP) is 5.57. The first-order valence-corrected chi connectivity index (χ1v) is 11.3. The number of aliphatic hydroxyl groups excluding tert-OH is 2. The Morgan fingerprint density at radius 2 is 1.93 bits per heavy atom. The molecule has 0 aromatic heterocycles. The summed E-state index contributed by atoms with van der Waals surface area (Å²) in [5, 5.41) is 29.5. The van der Waals surface area contributed by atoms with Crippen molar-refractivity contribution in [1.82, 2.24) is 0 Å². The molecule has 1 fully saturated rings. The molecule has 5 heteroatoms. The van der Waals surface area contributed by atoms with Crippen molar-refractivity contribution in [3.05, 3.63) is 47.5 Å². The molecule has 4 nitrogen and oxygen atoms in total. The molecule has 1 saturated carbocycles. The van der Waals surface area contributed by atoms with Crippen LogP contribution < -0.4 is 0 Å². The Balaban J connectivity index is 1.96. The molecule has 1 aromatic rings. The van der Waals surface area contributed by atoms with Gasteiger partial charge in [0.05, 0.1) is 12.2 Å². The molecule has 162 valence electrons. The first-order valence-electron chi connectivity index (χ1n) is 10.9. The van der Waals surface area contributed by atoms with E-state index in [1.54, 1.807) is 0 Å². The van der Waals surface area contributed by atoms with Crippen molar-refractivity contribution in [2.24, 2.45) is 5.92 Å². The summed E-state index contributed by atoms with van der Waals surface area (Å²) >= 11 is 6.54. The molecule has 1 aromatic carbocycles. The lowest BCUT2D eigenvalue weighted by Gasteiger charge is -2.23. The topological polar surface area (TPSA) is 77.8 Å². The smallest absolute Gasteiger partial charge is 0.303 e. The van der Waals surface area contributed by atoms with Gasteiger partial charge < -0.3 is 15.3 Å². The number of carbonyl (C=O) groups is 1. The second-order valence-corrected chi connectivity index (χ2v) is 8.74. The SMILES string of the molecule is CCCCCC(O)c1ccc([C@@H]2C(CC=CCCCC(=O)O)[C@H](Cl)C[C@H]2O)cc1. The summed E-state index contributed by atoms with van der Waals surface area (Å²) in [4.78, 5) is 10.6. The predicted molar refractivity (Wildman–Crippen MR) is 117 cm³/mol. The fourth-order valence-corrected chi connectivity index (χ4v) is 4.71. The molecule has 5 atom stereocenters. The summed E-state index contributed by atoms with van der Waals surface area (Å²) in [6.07, 6.45) is 10.2. The summed E-state index contributed by atoms with van der Waals surface area (Å²) in [6.45, 7) is 2.15. The van der Waals surface area contributed by atoms with E-state index < -0.39 is 18.2 Å². The zero-order chi connectivity index (χ0) is 21.2. The summed E-state index contributed by atoms with van der Waals surface area (Å²) in [6, 6.07) is 7.98. The molecule has 3 N–H and O–H groups in total. The van der Waals surface area contributed by atoms with Crippen molar-refractivity contribution >= 4 is 17.6 Å². The maximum atomic E-state index is 10.6. The van der Waals surface area contributed by atoms with Crippen LogP contribution in [-0.4, -0.2) is 32.8 Å². The van der Waals surface area contributed by atoms with Crippen LogP contribution in [0.3, 0.4) is 0 Å². The summed E-state index contributed by atoms with van der Waals surface area (Å²) in [5.41, 5.74) is 1.99. The molecule has 0 heterocycles. The minimum absolute atomic E-state index is 0.0209. The van der Waals surface area contributed by atoms with E-state index in [2.05, 4.69) is 13.0 Å². The number of rotatable bonds is 12. The number of aliphatic carboxylic acids is 1. The number of aliphatic hydroxyl groups is 2. The highest BCUT2D eigenvalue weighted by atomic mass is 35.5. The van der Waals surface area contributed by atoms with Crippen LogP contribution in [-0.2, 0) is 4.79 Å². The number of alkyl halides is 1. The minimum Gasteiger partial charge on any atom is -0.481 e. The molecule has 2 unspecified atom stereocenters. The Bertz CT molecular complexity index is 643. The maximum absolute atomic E-state index is 10.6. The highest BCUT2D eigenvalue weighted by Crippen LogP contribution is 2.45. The Labute approximate surface area is 179 Å². The van der Waals surface area contributed by atoms with Crippen molar-refractivity contribution < 1.29 is 20.1 Å². The van der Waals surface area contributed by atoms with E-state index >= 15 is 0 Å². The molecule has 1 aliphatic carbocycles. The highest BCUT2D eigenvalue weighted by Gasteiger charge is 2.41. The number of allylic oxidation sites excluding steroid dienone is 2. The Kier molecular flexibility index (Phi) is 10.2. The first kappa shape index (κ1) is 23.9. The van der Waals surface area contributed by atoms with E-state index in [0.29, 0.717) is 12.8 Å². The van der Waals surface area contributed by atoms with Crippen LogP contribution in [0.5, 0.6) is 0 Å². The third kappa shape index (κ3) is 7.44. The fourth-order valence-electron chi connectivity index (χ4n) is 4.26. The van der Waals surface area contributed by atoms with Gasteiger partial charge in [-0.05, 0) is 49.1 Å². The summed E-state index contributed by atoms with van der Waals surface area (Å²) in [5.74, 6) is -0.646. The van der Waals surface area contributed by atoms with Crippen molar-refractivity contribution in [2.45, 2.75) is 88.2 Å². The first-order chi connectivity index (χ1) is 13.9. The zero-order valence-electron chi connectivity index (χ0n) is 17.3. The van der Waals surface area contributed by atoms with Crippen molar-refractivity contribution in [3.63, 3.8) is 0 Å². The van der Waals surface area contributed by atoms with E-state index in [-0.39, 0.29) is 23.6 Å². The van der Waals surface area contributed by atoms with Crippen LogP contribution in [0.4, 0.5) is 0 Å². The monoisotopic (exact) mass is 422 g/mol. The van der Waals surface area contributed by atoms with Gasteiger partial charge in [-0.1, -0.05) is 62.6 Å². The minimum atomic E-state index is -0.767. The Hall–Kier alpha value is -1.36. The summed E-state index contributed by atoms with van der Waals surface area (Å²) < 4.78 is 0. The van der Waals surface area contributed by atoms with Crippen LogP contribution in [0.2, 0.25) is 0 Å². The second kappa shape index (κ2) is 12.4. The maximum Gasteiger partial charge on any atom is 0.303 e. The van der Waals surface area contributed by atoms with Gasteiger partial charge in [-0.15, -0.1) is 11.6 Å². The van der Waals surface area contributed by atoms with Gasteiger partial charge in [0, 0.05) is 17.7 Å². The standard InChI is InChI=1S/C24H35ClO4/c1-2-3-6-10-21(26)17-12-14-18(15-13-17)24-19(20(25)16-22(24)27)9-7-4-5-8-11-23(28)29/h4,7,12-15,19-22,24,26-27H,2-3,5-6,8-11,16H2,1H3,(H,28,29)/t19?,20-,21?,22-,24-/m1/s1.